The summed E-state index contributed by atoms with van der Waals surface area (Å²) in [4.78, 5) is 23.3. The molecule has 0 bridgehead atoms. The highest BCUT2D eigenvalue weighted by atomic mass is 16.5. The van der Waals surface area contributed by atoms with E-state index in [1.165, 1.54) is 6.21 Å². The van der Waals surface area contributed by atoms with Crippen LogP contribution in [-0.4, -0.2) is 31.2 Å². The monoisotopic (exact) mass is 368 g/mol. The number of benzene rings is 2. The van der Waals surface area contributed by atoms with Gasteiger partial charge in [0.15, 0.2) is 0 Å². The molecule has 0 radical (unpaired) electrons. The zero-order chi connectivity index (χ0) is 19.8. The van der Waals surface area contributed by atoms with Crippen molar-refractivity contribution < 1.29 is 14.3 Å². The molecular weight excluding hydrogens is 344 g/mol. The van der Waals surface area contributed by atoms with Crippen LogP contribution >= 0.6 is 0 Å². The van der Waals surface area contributed by atoms with Gasteiger partial charge in [0.25, 0.3) is 0 Å². The number of ether oxygens (including phenoxy) is 1. The lowest BCUT2D eigenvalue weighted by Crippen LogP contribution is -2.41. The van der Waals surface area contributed by atoms with Gasteiger partial charge < -0.3 is 15.4 Å². The first-order chi connectivity index (χ1) is 12.9. The number of nitrogens with zero attached hydrogens (tertiary/aromatic N) is 1. The summed E-state index contributed by atoms with van der Waals surface area (Å²) in [5.74, 6) is -0.923. The van der Waals surface area contributed by atoms with Gasteiger partial charge in [-0.2, -0.15) is 5.10 Å². The highest BCUT2D eigenvalue weighted by molar-refractivity contribution is 6.35. The lowest BCUT2D eigenvalue weighted by Gasteiger charge is -2.15. The number of para-hydroxylation sites is 2. The van der Waals surface area contributed by atoms with E-state index in [1.54, 1.807) is 21.0 Å². The van der Waals surface area contributed by atoms with Crippen LogP contribution in [0.15, 0.2) is 47.6 Å². The quantitative estimate of drug-likeness (QED) is 0.415. The molecule has 2 aromatic rings. The van der Waals surface area contributed by atoms with Crippen molar-refractivity contribution in [1.82, 2.24) is 10.7 Å². The van der Waals surface area contributed by atoms with Crippen LogP contribution in [0, 0.1) is 6.92 Å². The first-order valence-corrected chi connectivity index (χ1v) is 8.56. The molecule has 0 unspecified atom stereocenters. The molecule has 7 nitrogen and oxygen atoms in total. The van der Waals surface area contributed by atoms with Gasteiger partial charge in [-0.15, -0.1) is 0 Å². The summed E-state index contributed by atoms with van der Waals surface area (Å²) in [6, 6.07) is 13.2. The number of hydrogen-bond donors (Lipinski definition) is 3. The number of hydrazone groups is 1. The Morgan fingerprint density at radius 3 is 2.48 bits per heavy atom. The molecule has 0 aliphatic heterocycles. The minimum absolute atomic E-state index is 0.129. The number of carbonyl (C=O) groups is 2. The van der Waals surface area contributed by atoms with E-state index in [1.807, 2.05) is 49.4 Å². The molecule has 2 aromatic carbocycles. The normalized spacial score (nSPS) is 10.7. The molecule has 3 N–H and O–H groups in total. The molecule has 0 saturated heterocycles. The third kappa shape index (κ3) is 5.57. The smallest absolute Gasteiger partial charge is 0.329 e. The first-order valence-electron chi connectivity index (χ1n) is 8.56. The molecule has 0 spiro atoms. The van der Waals surface area contributed by atoms with Gasteiger partial charge in [-0.1, -0.05) is 30.3 Å². The largest absolute Gasteiger partial charge is 0.495 e. The Bertz CT molecular complexity index is 847. The van der Waals surface area contributed by atoms with E-state index in [9.17, 15) is 9.59 Å². The lowest BCUT2D eigenvalue weighted by molar-refractivity contribution is -0.139. The Morgan fingerprint density at radius 2 is 1.81 bits per heavy atom. The molecule has 0 fully saturated rings. The molecule has 0 atom stereocenters. The lowest BCUT2D eigenvalue weighted by atomic mass is 10.1. The number of rotatable bonds is 6. The van der Waals surface area contributed by atoms with Crippen molar-refractivity contribution in [2.75, 3.05) is 12.4 Å². The Morgan fingerprint density at radius 1 is 1.07 bits per heavy atom. The van der Waals surface area contributed by atoms with E-state index in [0.29, 0.717) is 17.0 Å². The average Bonchev–Trinajstić information content (AvgIpc) is 2.63. The molecule has 2 rings (SSSR count). The van der Waals surface area contributed by atoms with Crippen molar-refractivity contribution >= 4 is 29.4 Å². The second-order valence-corrected chi connectivity index (χ2v) is 6.19. The fourth-order valence-corrected chi connectivity index (χ4v) is 2.35. The minimum Gasteiger partial charge on any atom is -0.495 e. The molecule has 7 heteroatoms. The van der Waals surface area contributed by atoms with Gasteiger partial charge in [-0.05, 0) is 38.5 Å². The van der Waals surface area contributed by atoms with E-state index in [-0.39, 0.29) is 6.04 Å². The second-order valence-electron chi connectivity index (χ2n) is 6.19. The molecule has 2 amide bonds. The van der Waals surface area contributed by atoms with Crippen LogP contribution in [0.5, 0.6) is 5.75 Å². The number of carbonyl (C=O) groups excluding carboxylic acids is 2. The maximum Gasteiger partial charge on any atom is 0.329 e. The number of hydrogen-bond acceptors (Lipinski definition) is 5. The van der Waals surface area contributed by atoms with E-state index in [2.05, 4.69) is 21.2 Å². The van der Waals surface area contributed by atoms with Gasteiger partial charge in [0, 0.05) is 17.3 Å². The minimum atomic E-state index is -0.823. The molecule has 0 saturated carbocycles. The van der Waals surface area contributed by atoms with Crippen LogP contribution < -0.4 is 20.8 Å². The van der Waals surface area contributed by atoms with Crippen LogP contribution in [-0.2, 0) is 9.59 Å². The summed E-state index contributed by atoms with van der Waals surface area (Å²) in [6.45, 7) is 5.54. The number of amides is 2. The summed E-state index contributed by atoms with van der Waals surface area (Å²) in [5, 5.41) is 9.73. The molecule has 0 heterocycles. The van der Waals surface area contributed by atoms with Crippen LogP contribution in [0.1, 0.15) is 25.0 Å². The molecule has 0 aliphatic rings. The van der Waals surface area contributed by atoms with Crippen molar-refractivity contribution in [3.05, 3.63) is 53.6 Å². The van der Waals surface area contributed by atoms with Gasteiger partial charge in [0.1, 0.15) is 5.75 Å². The average molecular weight is 368 g/mol. The van der Waals surface area contributed by atoms with Gasteiger partial charge in [-0.25, -0.2) is 5.43 Å². The SMILES string of the molecule is COc1cccc(/C=N\NC(=O)C(=O)NC(C)C)c1Nc1ccccc1C. The van der Waals surface area contributed by atoms with E-state index in [4.69, 9.17) is 4.74 Å². The van der Waals surface area contributed by atoms with Crippen LogP contribution in [0.3, 0.4) is 0 Å². The topological polar surface area (TPSA) is 91.8 Å². The van der Waals surface area contributed by atoms with Gasteiger partial charge in [0.2, 0.25) is 0 Å². The zero-order valence-corrected chi connectivity index (χ0v) is 15.9. The van der Waals surface area contributed by atoms with Crippen molar-refractivity contribution in [2.24, 2.45) is 5.10 Å². The summed E-state index contributed by atoms with van der Waals surface area (Å²) in [7, 11) is 1.58. The van der Waals surface area contributed by atoms with Gasteiger partial charge >= 0.3 is 11.8 Å². The van der Waals surface area contributed by atoms with Crippen LogP contribution in [0.2, 0.25) is 0 Å². The molecule has 0 aliphatic carbocycles. The molecular formula is C20H24N4O3. The summed E-state index contributed by atoms with van der Waals surface area (Å²) in [5.41, 5.74) is 5.63. The molecule has 142 valence electrons. The third-order valence-corrected chi connectivity index (χ3v) is 3.68. The Kier molecular flexibility index (Phi) is 6.93. The van der Waals surface area contributed by atoms with E-state index in [0.717, 1.165) is 11.3 Å². The Labute approximate surface area is 158 Å². The predicted molar refractivity (Wildman–Crippen MR) is 106 cm³/mol. The Balaban J connectivity index is 2.20. The number of aryl methyl sites for hydroxylation is 1. The number of anilines is 2. The van der Waals surface area contributed by atoms with Crippen molar-refractivity contribution in [2.45, 2.75) is 26.8 Å². The fraction of sp³-hybridized carbons (Fsp3) is 0.250. The van der Waals surface area contributed by atoms with Crippen LogP contribution in [0.25, 0.3) is 0 Å². The number of methoxy groups -OCH3 is 1. The van der Waals surface area contributed by atoms with Crippen molar-refractivity contribution in [3.63, 3.8) is 0 Å². The summed E-state index contributed by atoms with van der Waals surface area (Å²) >= 11 is 0. The highest BCUT2D eigenvalue weighted by Crippen LogP contribution is 2.31. The first kappa shape index (κ1) is 20.0. The standard InChI is InChI=1S/C20H24N4O3/c1-13(2)22-19(25)20(26)24-21-12-15-9-7-11-17(27-4)18(15)23-16-10-6-5-8-14(16)3/h5-13,23H,1-4H3,(H,22,25)(H,24,26)/b21-12-. The van der Waals surface area contributed by atoms with E-state index < -0.39 is 11.8 Å². The maximum absolute atomic E-state index is 11.7. The summed E-state index contributed by atoms with van der Waals surface area (Å²) < 4.78 is 5.43. The molecule has 0 aromatic heterocycles. The number of nitrogens with one attached hydrogen (secondary N) is 3. The van der Waals surface area contributed by atoms with Crippen molar-refractivity contribution in [3.8, 4) is 5.75 Å². The van der Waals surface area contributed by atoms with Crippen LogP contribution in [0.4, 0.5) is 11.4 Å². The van der Waals surface area contributed by atoms with Crippen molar-refractivity contribution in [1.29, 1.82) is 0 Å². The zero-order valence-electron chi connectivity index (χ0n) is 15.9. The predicted octanol–water partition coefficient (Wildman–Crippen LogP) is 2.72. The fourth-order valence-electron chi connectivity index (χ4n) is 2.35. The van der Waals surface area contributed by atoms with E-state index >= 15 is 0 Å². The summed E-state index contributed by atoms with van der Waals surface area (Å²) in [6.07, 6.45) is 1.46. The molecule has 27 heavy (non-hydrogen) atoms. The third-order valence-electron chi connectivity index (χ3n) is 3.68. The Hall–Kier alpha value is -3.35. The van der Waals surface area contributed by atoms with Gasteiger partial charge in [-0.3, -0.25) is 9.59 Å². The maximum atomic E-state index is 11.7. The second kappa shape index (κ2) is 9.38. The highest BCUT2D eigenvalue weighted by Gasteiger charge is 2.13. The van der Waals surface area contributed by atoms with Gasteiger partial charge in [0.05, 0.1) is 19.0 Å².